The fourth-order valence-electron chi connectivity index (χ4n) is 2.99. The summed E-state index contributed by atoms with van der Waals surface area (Å²) in [5, 5.41) is 9.38. The highest BCUT2D eigenvalue weighted by atomic mass is 19.4. The third-order valence-electron chi connectivity index (χ3n) is 4.41. The van der Waals surface area contributed by atoms with E-state index in [9.17, 15) is 18.0 Å². The molecule has 0 atom stereocenters. The number of carbonyl (C=O) groups excluding carboxylic acids is 1. The van der Waals surface area contributed by atoms with Crippen LogP contribution >= 0.6 is 0 Å². The van der Waals surface area contributed by atoms with Crippen molar-refractivity contribution in [3.8, 4) is 0 Å². The number of hydrogen-bond donors (Lipinski definition) is 3. The van der Waals surface area contributed by atoms with E-state index in [1.54, 1.807) is 0 Å². The lowest BCUT2D eigenvalue weighted by molar-refractivity contribution is -0.142. The summed E-state index contributed by atoms with van der Waals surface area (Å²) in [5.41, 5.74) is 0. The van der Waals surface area contributed by atoms with Gasteiger partial charge in [0.05, 0.1) is 19.6 Å². The van der Waals surface area contributed by atoms with Gasteiger partial charge in [0.1, 0.15) is 0 Å². The van der Waals surface area contributed by atoms with Gasteiger partial charge in [-0.25, -0.2) is 0 Å². The van der Waals surface area contributed by atoms with Crippen LogP contribution in [0.1, 0.15) is 33.1 Å². The van der Waals surface area contributed by atoms with E-state index >= 15 is 0 Å². The van der Waals surface area contributed by atoms with E-state index in [0.29, 0.717) is 32.1 Å². The Kier molecular flexibility index (Phi) is 11.2. The minimum atomic E-state index is -4.19. The zero-order valence-electron chi connectivity index (χ0n) is 17.2. The van der Waals surface area contributed by atoms with Crippen molar-refractivity contribution in [2.45, 2.75) is 45.3 Å². The lowest BCUT2D eigenvalue weighted by Gasteiger charge is -2.32. The standard InChI is InChI=1S/C18H35F3N6O/c1-4-8-23-16(28)13-27-10-6-15(7-11-27)25-17(22-5-2)24-9-12-26(3)14-18(19,20)21/h15H,4-14H2,1-3H3,(H,23,28)(H2,22,24,25). The van der Waals surface area contributed by atoms with Gasteiger partial charge in [0.2, 0.25) is 5.91 Å². The predicted octanol–water partition coefficient (Wildman–Crippen LogP) is 1.03. The molecule has 1 fully saturated rings. The number of alkyl halides is 3. The highest BCUT2D eigenvalue weighted by molar-refractivity contribution is 5.80. The lowest BCUT2D eigenvalue weighted by Crippen LogP contribution is -2.50. The van der Waals surface area contributed by atoms with Crippen molar-refractivity contribution >= 4 is 11.9 Å². The summed E-state index contributed by atoms with van der Waals surface area (Å²) in [4.78, 5) is 19.5. The quantitative estimate of drug-likeness (QED) is 0.372. The predicted molar refractivity (Wildman–Crippen MR) is 105 cm³/mol. The molecular formula is C18H35F3N6O. The Morgan fingerprint density at radius 2 is 1.89 bits per heavy atom. The van der Waals surface area contributed by atoms with Crippen LogP contribution in [0.5, 0.6) is 0 Å². The van der Waals surface area contributed by atoms with Crippen LogP contribution in [-0.2, 0) is 4.79 Å². The summed E-state index contributed by atoms with van der Waals surface area (Å²) >= 11 is 0. The van der Waals surface area contributed by atoms with Crippen LogP contribution < -0.4 is 16.0 Å². The molecule has 1 aliphatic heterocycles. The number of piperidine rings is 1. The molecule has 0 saturated carbocycles. The number of halogens is 3. The minimum Gasteiger partial charge on any atom is -0.357 e. The molecule has 28 heavy (non-hydrogen) atoms. The van der Waals surface area contributed by atoms with E-state index in [1.165, 1.54) is 11.9 Å². The lowest BCUT2D eigenvalue weighted by atomic mass is 10.1. The highest BCUT2D eigenvalue weighted by Gasteiger charge is 2.28. The van der Waals surface area contributed by atoms with Gasteiger partial charge in [-0.1, -0.05) is 6.92 Å². The number of nitrogens with one attached hydrogen (secondary N) is 3. The van der Waals surface area contributed by atoms with Crippen molar-refractivity contribution in [1.29, 1.82) is 0 Å². The van der Waals surface area contributed by atoms with E-state index in [2.05, 4.69) is 25.8 Å². The molecule has 1 rings (SSSR count). The molecule has 0 unspecified atom stereocenters. The van der Waals surface area contributed by atoms with Crippen molar-refractivity contribution in [3.05, 3.63) is 0 Å². The van der Waals surface area contributed by atoms with E-state index in [4.69, 9.17) is 0 Å². The summed E-state index contributed by atoms with van der Waals surface area (Å²) in [5.74, 6) is 0.688. The molecule has 0 radical (unpaired) electrons. The van der Waals surface area contributed by atoms with Gasteiger partial charge in [0.15, 0.2) is 5.96 Å². The maximum atomic E-state index is 12.4. The molecule has 3 N–H and O–H groups in total. The summed E-state index contributed by atoms with van der Waals surface area (Å²) < 4.78 is 37.1. The molecule has 1 amide bonds. The number of rotatable bonds is 10. The van der Waals surface area contributed by atoms with Crippen molar-refractivity contribution in [1.82, 2.24) is 25.8 Å². The van der Waals surface area contributed by atoms with Gasteiger partial charge in [-0.2, -0.15) is 13.2 Å². The molecule has 0 aromatic carbocycles. The minimum absolute atomic E-state index is 0.0612. The molecule has 10 heteroatoms. The number of aliphatic imine (C=N–C) groups is 1. The number of amides is 1. The van der Waals surface area contributed by atoms with E-state index in [-0.39, 0.29) is 18.5 Å². The van der Waals surface area contributed by atoms with Crippen LogP contribution in [0.15, 0.2) is 4.99 Å². The average Bonchev–Trinajstić information content (AvgIpc) is 2.60. The largest absolute Gasteiger partial charge is 0.401 e. The molecule has 1 saturated heterocycles. The van der Waals surface area contributed by atoms with Crippen LogP contribution in [0, 0.1) is 0 Å². The van der Waals surface area contributed by atoms with E-state index < -0.39 is 12.7 Å². The molecule has 7 nitrogen and oxygen atoms in total. The second-order valence-electron chi connectivity index (χ2n) is 7.16. The van der Waals surface area contributed by atoms with Crippen molar-refractivity contribution in [2.24, 2.45) is 4.99 Å². The number of guanidine groups is 1. The third-order valence-corrected chi connectivity index (χ3v) is 4.41. The Hall–Kier alpha value is -1.55. The summed E-state index contributed by atoms with van der Waals surface area (Å²) in [7, 11) is 1.44. The molecular weight excluding hydrogens is 373 g/mol. The van der Waals surface area contributed by atoms with Gasteiger partial charge in [-0.05, 0) is 33.2 Å². The molecule has 1 heterocycles. The second kappa shape index (κ2) is 12.8. The number of likely N-dealkylation sites (N-methyl/N-ethyl adjacent to an activating group) is 1. The first-order chi connectivity index (χ1) is 13.2. The van der Waals surface area contributed by atoms with Gasteiger partial charge in [-0.3, -0.25) is 19.6 Å². The molecule has 0 aromatic rings. The zero-order chi connectivity index (χ0) is 21.0. The Bertz CT molecular complexity index is 478. The fraction of sp³-hybridized carbons (Fsp3) is 0.889. The van der Waals surface area contributed by atoms with Crippen LogP contribution in [0.3, 0.4) is 0 Å². The zero-order valence-corrected chi connectivity index (χ0v) is 17.2. The Labute approximate surface area is 166 Å². The van der Waals surface area contributed by atoms with E-state index in [1.807, 2.05) is 13.8 Å². The van der Waals surface area contributed by atoms with Gasteiger partial charge in [-0.15, -0.1) is 0 Å². The Morgan fingerprint density at radius 1 is 1.21 bits per heavy atom. The Balaban J connectivity index is 2.37. The first-order valence-electron chi connectivity index (χ1n) is 10.0. The van der Waals surface area contributed by atoms with Gasteiger partial charge in [0.25, 0.3) is 0 Å². The number of nitrogens with zero attached hydrogens (tertiary/aromatic N) is 3. The molecule has 0 spiro atoms. The molecule has 164 valence electrons. The topological polar surface area (TPSA) is 72.0 Å². The van der Waals surface area contributed by atoms with Crippen molar-refractivity contribution in [3.63, 3.8) is 0 Å². The normalized spacial score (nSPS) is 17.0. The summed E-state index contributed by atoms with van der Waals surface area (Å²) in [6, 6.07) is 0.237. The maximum Gasteiger partial charge on any atom is 0.401 e. The first kappa shape index (κ1) is 24.5. The average molecular weight is 409 g/mol. The molecule has 0 bridgehead atoms. The Morgan fingerprint density at radius 3 is 2.46 bits per heavy atom. The fourth-order valence-corrected chi connectivity index (χ4v) is 2.99. The van der Waals surface area contributed by atoms with Gasteiger partial charge < -0.3 is 16.0 Å². The van der Waals surface area contributed by atoms with Crippen LogP contribution in [0.25, 0.3) is 0 Å². The number of likely N-dealkylation sites (tertiary alicyclic amines) is 1. The van der Waals surface area contributed by atoms with Crippen molar-refractivity contribution in [2.75, 3.05) is 59.4 Å². The molecule has 0 aromatic heterocycles. The van der Waals surface area contributed by atoms with Gasteiger partial charge >= 0.3 is 6.18 Å². The number of carbonyl (C=O) groups is 1. The summed E-state index contributed by atoms with van der Waals surface area (Å²) in [6.07, 6.45) is -1.49. The van der Waals surface area contributed by atoms with Crippen molar-refractivity contribution < 1.29 is 18.0 Å². The maximum absolute atomic E-state index is 12.4. The van der Waals surface area contributed by atoms with E-state index in [0.717, 1.165) is 32.4 Å². The third kappa shape index (κ3) is 11.3. The smallest absolute Gasteiger partial charge is 0.357 e. The SMILES string of the molecule is CCCNC(=O)CN1CCC(NC(=NCCN(C)CC(F)(F)F)NCC)CC1. The summed E-state index contributed by atoms with van der Waals surface area (Å²) in [6.45, 7) is 7.02. The second-order valence-corrected chi connectivity index (χ2v) is 7.16. The first-order valence-corrected chi connectivity index (χ1v) is 10.0. The molecule has 0 aliphatic carbocycles. The monoisotopic (exact) mass is 408 g/mol. The van der Waals surface area contributed by atoms with Crippen LogP contribution in [-0.4, -0.2) is 93.3 Å². The van der Waals surface area contributed by atoms with Crippen LogP contribution in [0.4, 0.5) is 13.2 Å². The van der Waals surface area contributed by atoms with Crippen LogP contribution in [0.2, 0.25) is 0 Å². The van der Waals surface area contributed by atoms with Gasteiger partial charge in [0, 0.05) is 38.8 Å². The number of hydrogen-bond acceptors (Lipinski definition) is 4. The molecule has 1 aliphatic rings. The highest BCUT2D eigenvalue weighted by Crippen LogP contribution is 2.15.